The first-order chi connectivity index (χ1) is 11.3. The third kappa shape index (κ3) is 4.69. The Balaban J connectivity index is 2.06. The molecule has 0 spiro atoms. The van der Waals surface area contributed by atoms with Gasteiger partial charge in [0.2, 0.25) is 0 Å². The summed E-state index contributed by atoms with van der Waals surface area (Å²) in [7, 11) is 0. The smallest absolute Gasteiger partial charge is 0.418 e. The molecule has 2 aromatic rings. The number of para-hydroxylation sites is 1. The van der Waals surface area contributed by atoms with E-state index in [1.807, 2.05) is 0 Å². The topological polar surface area (TPSA) is 56.7 Å². The molecule has 0 bridgehead atoms. The number of hydrogen-bond donors (Lipinski definition) is 3. The summed E-state index contributed by atoms with van der Waals surface area (Å²) in [6.45, 7) is 1.70. The van der Waals surface area contributed by atoms with Gasteiger partial charge in [-0.25, -0.2) is 0 Å². The van der Waals surface area contributed by atoms with E-state index in [1.165, 1.54) is 30.3 Å². The predicted octanol–water partition coefficient (Wildman–Crippen LogP) is 4.12. The highest BCUT2D eigenvalue weighted by Crippen LogP contribution is 2.34. The molecular weight excluding hydrogens is 339 g/mol. The molecule has 24 heavy (non-hydrogen) atoms. The second-order valence-corrected chi connectivity index (χ2v) is 5.26. The molecule has 8 heteroatoms. The van der Waals surface area contributed by atoms with E-state index in [-0.39, 0.29) is 16.5 Å². The fourth-order valence-electron chi connectivity index (χ4n) is 1.89. The maximum Gasteiger partial charge on any atom is 0.418 e. The summed E-state index contributed by atoms with van der Waals surface area (Å²) in [4.78, 5) is 0. The van der Waals surface area contributed by atoms with Gasteiger partial charge in [0.05, 0.1) is 17.0 Å². The van der Waals surface area contributed by atoms with Crippen molar-refractivity contribution in [3.63, 3.8) is 0 Å². The monoisotopic (exact) mass is 353 g/mol. The molecule has 2 rings (SSSR count). The van der Waals surface area contributed by atoms with Crippen molar-refractivity contribution >= 4 is 28.7 Å². The molecule has 0 amide bonds. The summed E-state index contributed by atoms with van der Waals surface area (Å²) < 4.78 is 38.7. The second-order valence-electron chi connectivity index (χ2n) is 4.85. The minimum absolute atomic E-state index is 0.0650. The van der Waals surface area contributed by atoms with E-state index in [4.69, 9.17) is 12.2 Å². The molecule has 0 saturated carbocycles. The molecule has 0 heterocycles. The molecule has 0 fully saturated rings. The van der Waals surface area contributed by atoms with Gasteiger partial charge in [0, 0.05) is 0 Å². The molecule has 0 aliphatic rings. The Morgan fingerprint density at radius 1 is 1.08 bits per heavy atom. The Labute approximate surface area is 142 Å². The Morgan fingerprint density at radius 2 is 1.71 bits per heavy atom. The van der Waals surface area contributed by atoms with Crippen molar-refractivity contribution in [3.8, 4) is 5.75 Å². The number of phenolic OH excluding ortho intramolecular Hbond substituents is 1. The van der Waals surface area contributed by atoms with E-state index >= 15 is 0 Å². The quantitative estimate of drug-likeness (QED) is 0.441. The van der Waals surface area contributed by atoms with Gasteiger partial charge in [0.1, 0.15) is 5.75 Å². The molecule has 0 aromatic heterocycles. The van der Waals surface area contributed by atoms with Crippen molar-refractivity contribution in [3.05, 3.63) is 59.7 Å². The van der Waals surface area contributed by atoms with Crippen molar-refractivity contribution in [2.24, 2.45) is 5.10 Å². The molecule has 2 aromatic carbocycles. The number of nitrogens with zero attached hydrogens (tertiary/aromatic N) is 1. The molecule has 4 nitrogen and oxygen atoms in total. The Hall–Kier alpha value is -2.61. The SMILES string of the molecule is C/C(=N\NC(=S)Nc1ccccc1C(F)(F)F)c1ccc(O)cc1. The van der Waals surface area contributed by atoms with Crippen LogP contribution in [-0.2, 0) is 6.18 Å². The average Bonchev–Trinajstić information content (AvgIpc) is 2.53. The van der Waals surface area contributed by atoms with Crippen LogP contribution in [0.5, 0.6) is 5.75 Å². The van der Waals surface area contributed by atoms with Crippen molar-refractivity contribution in [1.29, 1.82) is 0 Å². The maximum absolute atomic E-state index is 12.9. The van der Waals surface area contributed by atoms with Crippen LogP contribution in [-0.4, -0.2) is 15.9 Å². The molecule has 0 unspecified atom stereocenters. The van der Waals surface area contributed by atoms with Gasteiger partial charge in [-0.1, -0.05) is 12.1 Å². The van der Waals surface area contributed by atoms with Crippen LogP contribution in [0.3, 0.4) is 0 Å². The van der Waals surface area contributed by atoms with Gasteiger partial charge >= 0.3 is 6.18 Å². The van der Waals surface area contributed by atoms with Crippen LogP contribution in [0, 0.1) is 0 Å². The van der Waals surface area contributed by atoms with E-state index in [0.717, 1.165) is 11.6 Å². The van der Waals surface area contributed by atoms with Crippen LogP contribution in [0.25, 0.3) is 0 Å². The zero-order chi connectivity index (χ0) is 17.7. The molecular formula is C16H14F3N3OS. The van der Waals surface area contributed by atoms with Gasteiger partial charge < -0.3 is 10.4 Å². The van der Waals surface area contributed by atoms with Crippen LogP contribution in [0.4, 0.5) is 18.9 Å². The molecule has 0 aliphatic heterocycles. The highest BCUT2D eigenvalue weighted by atomic mass is 32.1. The van der Waals surface area contributed by atoms with Gasteiger partial charge in [-0.05, 0) is 61.1 Å². The number of alkyl halides is 3. The summed E-state index contributed by atoms with van der Waals surface area (Å²) >= 11 is 4.97. The van der Waals surface area contributed by atoms with Crippen LogP contribution in [0.2, 0.25) is 0 Å². The fourth-order valence-corrected chi connectivity index (χ4v) is 2.05. The maximum atomic E-state index is 12.9. The fraction of sp³-hybridized carbons (Fsp3) is 0.125. The van der Waals surface area contributed by atoms with Crippen molar-refractivity contribution in [2.45, 2.75) is 13.1 Å². The van der Waals surface area contributed by atoms with Gasteiger partial charge in [0.25, 0.3) is 0 Å². The predicted molar refractivity (Wildman–Crippen MR) is 91.1 cm³/mol. The third-order valence-electron chi connectivity index (χ3n) is 3.09. The van der Waals surface area contributed by atoms with Crippen LogP contribution in [0.1, 0.15) is 18.1 Å². The first kappa shape index (κ1) is 17.7. The number of anilines is 1. The summed E-state index contributed by atoms with van der Waals surface area (Å²) in [6, 6.07) is 11.4. The van der Waals surface area contributed by atoms with Crippen LogP contribution >= 0.6 is 12.2 Å². The van der Waals surface area contributed by atoms with E-state index < -0.39 is 11.7 Å². The van der Waals surface area contributed by atoms with Crippen molar-refractivity contribution in [2.75, 3.05) is 5.32 Å². The molecule has 0 radical (unpaired) electrons. The number of hydrogen-bond acceptors (Lipinski definition) is 3. The average molecular weight is 353 g/mol. The lowest BCUT2D eigenvalue weighted by Gasteiger charge is -2.14. The van der Waals surface area contributed by atoms with E-state index in [0.29, 0.717) is 5.71 Å². The number of phenols is 1. The standard InChI is InChI=1S/C16H14F3N3OS/c1-10(11-6-8-12(23)9-7-11)21-22-15(24)20-14-5-3-2-4-13(14)16(17,18)19/h2-9,23H,1H3,(H2,20,22,24)/b21-10+. The number of rotatable bonds is 3. The number of thiocarbonyl (C=S) groups is 1. The van der Waals surface area contributed by atoms with Crippen LogP contribution < -0.4 is 10.7 Å². The summed E-state index contributed by atoms with van der Waals surface area (Å²) in [6.07, 6.45) is -4.48. The number of aromatic hydroxyl groups is 1. The van der Waals surface area contributed by atoms with Crippen molar-refractivity contribution < 1.29 is 18.3 Å². The lowest BCUT2D eigenvalue weighted by Crippen LogP contribution is -2.26. The summed E-state index contributed by atoms with van der Waals surface area (Å²) in [5.41, 5.74) is 2.83. The summed E-state index contributed by atoms with van der Waals surface area (Å²) in [5, 5.41) is 15.7. The zero-order valence-corrected chi connectivity index (χ0v) is 13.4. The number of benzene rings is 2. The van der Waals surface area contributed by atoms with Gasteiger partial charge in [-0.3, -0.25) is 5.43 Å². The highest BCUT2D eigenvalue weighted by Gasteiger charge is 2.33. The number of nitrogens with one attached hydrogen (secondary N) is 2. The first-order valence-electron chi connectivity index (χ1n) is 6.84. The van der Waals surface area contributed by atoms with Gasteiger partial charge in [-0.2, -0.15) is 18.3 Å². The lowest BCUT2D eigenvalue weighted by atomic mass is 10.1. The molecule has 3 N–H and O–H groups in total. The zero-order valence-electron chi connectivity index (χ0n) is 12.6. The van der Waals surface area contributed by atoms with Crippen molar-refractivity contribution in [1.82, 2.24) is 5.43 Å². The van der Waals surface area contributed by atoms with Gasteiger partial charge in [-0.15, -0.1) is 0 Å². The largest absolute Gasteiger partial charge is 0.508 e. The van der Waals surface area contributed by atoms with E-state index in [9.17, 15) is 18.3 Å². The first-order valence-corrected chi connectivity index (χ1v) is 7.25. The Kier molecular flexibility index (Phi) is 5.40. The Morgan fingerprint density at radius 3 is 2.33 bits per heavy atom. The Bertz CT molecular complexity index is 758. The minimum atomic E-state index is -4.48. The highest BCUT2D eigenvalue weighted by molar-refractivity contribution is 7.80. The molecule has 0 atom stereocenters. The summed E-state index contributed by atoms with van der Waals surface area (Å²) in [5.74, 6) is 0.125. The minimum Gasteiger partial charge on any atom is -0.508 e. The normalized spacial score (nSPS) is 11.9. The molecule has 0 saturated heterocycles. The van der Waals surface area contributed by atoms with Gasteiger partial charge in [0.15, 0.2) is 5.11 Å². The number of halogens is 3. The van der Waals surface area contributed by atoms with Crippen LogP contribution in [0.15, 0.2) is 53.6 Å². The van der Waals surface area contributed by atoms with E-state index in [1.54, 1.807) is 19.1 Å². The second kappa shape index (κ2) is 7.31. The lowest BCUT2D eigenvalue weighted by molar-refractivity contribution is -0.136. The molecule has 126 valence electrons. The number of hydrazone groups is 1. The van der Waals surface area contributed by atoms with E-state index in [2.05, 4.69) is 15.8 Å². The third-order valence-corrected chi connectivity index (χ3v) is 3.28. The molecule has 0 aliphatic carbocycles.